The molecule has 1 atom stereocenters. The lowest BCUT2D eigenvalue weighted by Gasteiger charge is -2.22. The molecule has 1 aromatic carbocycles. The molecule has 2 rings (SSSR count). The van der Waals surface area contributed by atoms with E-state index in [-0.39, 0.29) is 5.91 Å². The highest BCUT2D eigenvalue weighted by Crippen LogP contribution is 2.22. The molecule has 0 radical (unpaired) electrons. The van der Waals surface area contributed by atoms with Crippen LogP contribution in [0.3, 0.4) is 0 Å². The number of carbonyl (C=O) groups excluding carboxylic acids is 1. The Labute approximate surface area is 128 Å². The normalized spacial score (nSPS) is 24.1. The first-order chi connectivity index (χ1) is 9.46. The minimum atomic E-state index is -0.590. The van der Waals surface area contributed by atoms with Crippen molar-refractivity contribution in [1.29, 1.82) is 0 Å². The van der Waals surface area contributed by atoms with Crippen LogP contribution in [-0.2, 0) is 4.79 Å². The van der Waals surface area contributed by atoms with Crippen molar-refractivity contribution < 1.29 is 9.90 Å². The Morgan fingerprint density at radius 3 is 2.90 bits per heavy atom. The van der Waals surface area contributed by atoms with Crippen LogP contribution in [0, 0.1) is 0 Å². The second-order valence-electron chi connectivity index (χ2n) is 5.65. The van der Waals surface area contributed by atoms with E-state index in [1.54, 1.807) is 0 Å². The van der Waals surface area contributed by atoms with Gasteiger partial charge in [-0.15, -0.1) is 0 Å². The molecule has 20 heavy (non-hydrogen) atoms. The second kappa shape index (κ2) is 6.70. The summed E-state index contributed by atoms with van der Waals surface area (Å²) in [6, 6.07) is 7.58. The number of carbonyl (C=O) groups is 1. The van der Waals surface area contributed by atoms with Gasteiger partial charge in [0.15, 0.2) is 0 Å². The number of nitrogens with zero attached hydrogens (tertiary/aromatic N) is 1. The van der Waals surface area contributed by atoms with E-state index in [1.165, 1.54) is 0 Å². The predicted octanol–water partition coefficient (Wildman–Crippen LogP) is 2.62. The number of nitrogens with one attached hydrogen (secondary N) is 1. The number of likely N-dealkylation sites (tertiary alicyclic amines) is 1. The minimum Gasteiger partial charge on any atom is -0.390 e. The highest BCUT2D eigenvalue weighted by Gasteiger charge is 2.25. The lowest BCUT2D eigenvalue weighted by atomic mass is 9.98. The van der Waals surface area contributed by atoms with Crippen molar-refractivity contribution in [2.75, 3.05) is 25.0 Å². The van der Waals surface area contributed by atoms with Crippen LogP contribution in [0.15, 0.2) is 28.7 Å². The third kappa shape index (κ3) is 4.58. The third-order valence-corrected chi connectivity index (χ3v) is 4.36. The number of rotatable bonds is 3. The van der Waals surface area contributed by atoms with Crippen LogP contribution in [-0.4, -0.2) is 41.1 Å². The summed E-state index contributed by atoms with van der Waals surface area (Å²) in [6.45, 7) is 3.87. The molecule has 1 aliphatic rings. The van der Waals surface area contributed by atoms with Crippen LogP contribution in [0.2, 0.25) is 0 Å². The zero-order valence-electron chi connectivity index (χ0n) is 11.7. The van der Waals surface area contributed by atoms with E-state index in [4.69, 9.17) is 0 Å². The fourth-order valence-corrected chi connectivity index (χ4v) is 2.82. The number of benzene rings is 1. The fourth-order valence-electron chi connectivity index (χ4n) is 2.43. The van der Waals surface area contributed by atoms with Gasteiger partial charge in [0, 0.05) is 11.0 Å². The summed E-state index contributed by atoms with van der Waals surface area (Å²) in [5.41, 5.74) is 0.201. The maximum Gasteiger partial charge on any atom is 0.238 e. The maximum atomic E-state index is 12.1. The monoisotopic (exact) mass is 340 g/mol. The van der Waals surface area contributed by atoms with Gasteiger partial charge >= 0.3 is 0 Å². The molecular weight excluding hydrogens is 320 g/mol. The predicted molar refractivity (Wildman–Crippen MR) is 83.7 cm³/mol. The topological polar surface area (TPSA) is 52.6 Å². The molecule has 0 aromatic heterocycles. The zero-order valence-corrected chi connectivity index (χ0v) is 13.3. The fraction of sp³-hybridized carbons (Fsp3) is 0.533. The molecule has 4 nitrogen and oxygen atoms in total. The smallest absolute Gasteiger partial charge is 0.238 e. The number of hydrogen-bond donors (Lipinski definition) is 2. The molecule has 1 saturated heterocycles. The molecular formula is C15H21BrN2O2. The van der Waals surface area contributed by atoms with Crippen molar-refractivity contribution in [1.82, 2.24) is 4.90 Å². The van der Waals surface area contributed by atoms with Crippen molar-refractivity contribution in [3.8, 4) is 0 Å². The van der Waals surface area contributed by atoms with Gasteiger partial charge in [0.05, 0.1) is 17.8 Å². The molecule has 1 aliphatic heterocycles. The average molecular weight is 341 g/mol. The zero-order chi connectivity index (χ0) is 14.6. The van der Waals surface area contributed by atoms with E-state index < -0.39 is 5.60 Å². The standard InChI is InChI=1S/C15H21BrN2O2/c1-15(20)7-4-9-18(10-8-15)11-14(19)17-13-6-3-2-5-12(13)16/h2-3,5-6,20H,4,7-11H2,1H3,(H,17,19). The molecule has 110 valence electrons. The summed E-state index contributed by atoms with van der Waals surface area (Å²) in [4.78, 5) is 14.2. The van der Waals surface area contributed by atoms with Crippen LogP contribution >= 0.6 is 15.9 Å². The number of anilines is 1. The Morgan fingerprint density at radius 2 is 2.15 bits per heavy atom. The molecule has 1 unspecified atom stereocenters. The minimum absolute atomic E-state index is 0.0153. The largest absolute Gasteiger partial charge is 0.390 e. The molecule has 1 fully saturated rings. The summed E-state index contributed by atoms with van der Waals surface area (Å²) in [5, 5.41) is 13.0. The van der Waals surface area contributed by atoms with Crippen molar-refractivity contribution in [3.63, 3.8) is 0 Å². The lowest BCUT2D eigenvalue weighted by Crippen LogP contribution is -2.35. The Bertz CT molecular complexity index is 477. The molecule has 2 N–H and O–H groups in total. The summed E-state index contributed by atoms with van der Waals surface area (Å²) in [6.07, 6.45) is 2.44. The second-order valence-corrected chi connectivity index (χ2v) is 6.51. The Morgan fingerprint density at radius 1 is 1.40 bits per heavy atom. The first-order valence-corrected chi connectivity index (χ1v) is 7.75. The van der Waals surface area contributed by atoms with Crippen molar-refractivity contribution in [2.45, 2.75) is 31.8 Å². The van der Waals surface area contributed by atoms with E-state index in [0.717, 1.165) is 42.5 Å². The Kier molecular flexibility index (Phi) is 5.18. The molecule has 0 spiro atoms. The third-order valence-electron chi connectivity index (χ3n) is 3.67. The quantitative estimate of drug-likeness (QED) is 0.889. The van der Waals surface area contributed by atoms with Crippen molar-refractivity contribution in [3.05, 3.63) is 28.7 Å². The summed E-state index contributed by atoms with van der Waals surface area (Å²) >= 11 is 3.42. The van der Waals surface area contributed by atoms with E-state index in [1.807, 2.05) is 31.2 Å². The van der Waals surface area contributed by atoms with Crippen molar-refractivity contribution >= 4 is 27.5 Å². The maximum absolute atomic E-state index is 12.1. The molecule has 0 aliphatic carbocycles. The molecule has 1 heterocycles. The molecule has 0 saturated carbocycles. The summed E-state index contributed by atoms with van der Waals surface area (Å²) in [5.74, 6) is -0.0153. The summed E-state index contributed by atoms with van der Waals surface area (Å²) in [7, 11) is 0. The number of hydrogen-bond acceptors (Lipinski definition) is 3. The number of halogens is 1. The number of aliphatic hydroxyl groups is 1. The highest BCUT2D eigenvalue weighted by molar-refractivity contribution is 9.10. The first-order valence-electron chi connectivity index (χ1n) is 6.95. The van der Waals surface area contributed by atoms with Gasteiger partial charge < -0.3 is 10.4 Å². The van der Waals surface area contributed by atoms with Crippen LogP contribution in [0.25, 0.3) is 0 Å². The van der Waals surface area contributed by atoms with Crippen LogP contribution in [0.5, 0.6) is 0 Å². The van der Waals surface area contributed by atoms with Gasteiger partial charge in [-0.05, 0) is 60.8 Å². The van der Waals surface area contributed by atoms with E-state index in [0.29, 0.717) is 6.54 Å². The molecule has 1 aromatic rings. The van der Waals surface area contributed by atoms with E-state index in [2.05, 4.69) is 26.1 Å². The van der Waals surface area contributed by atoms with Gasteiger partial charge in [-0.25, -0.2) is 0 Å². The number of para-hydroxylation sites is 1. The van der Waals surface area contributed by atoms with Crippen molar-refractivity contribution in [2.24, 2.45) is 0 Å². The number of amides is 1. The van der Waals surface area contributed by atoms with E-state index in [9.17, 15) is 9.90 Å². The van der Waals surface area contributed by atoms with Gasteiger partial charge in [-0.3, -0.25) is 9.69 Å². The van der Waals surface area contributed by atoms with Gasteiger partial charge in [0.2, 0.25) is 5.91 Å². The van der Waals surface area contributed by atoms with Gasteiger partial charge in [-0.2, -0.15) is 0 Å². The Hall–Kier alpha value is -0.910. The van der Waals surface area contributed by atoms with Gasteiger partial charge in [0.25, 0.3) is 0 Å². The van der Waals surface area contributed by atoms with Crippen LogP contribution in [0.1, 0.15) is 26.2 Å². The molecule has 0 bridgehead atoms. The van der Waals surface area contributed by atoms with Gasteiger partial charge in [0.1, 0.15) is 0 Å². The summed E-state index contributed by atoms with van der Waals surface area (Å²) < 4.78 is 0.882. The van der Waals surface area contributed by atoms with Gasteiger partial charge in [-0.1, -0.05) is 12.1 Å². The van der Waals surface area contributed by atoms with Crippen LogP contribution < -0.4 is 5.32 Å². The Balaban J connectivity index is 1.87. The highest BCUT2D eigenvalue weighted by atomic mass is 79.9. The first kappa shape index (κ1) is 15.5. The lowest BCUT2D eigenvalue weighted by molar-refractivity contribution is -0.117. The van der Waals surface area contributed by atoms with E-state index >= 15 is 0 Å². The average Bonchev–Trinajstić information content (AvgIpc) is 2.54. The SMILES string of the molecule is CC1(O)CCCN(CC(=O)Nc2ccccc2Br)CC1. The molecule has 1 amide bonds. The molecule has 5 heteroatoms. The van der Waals surface area contributed by atoms with Crippen LogP contribution in [0.4, 0.5) is 5.69 Å².